The van der Waals surface area contributed by atoms with Crippen molar-refractivity contribution in [2.75, 3.05) is 19.0 Å². The van der Waals surface area contributed by atoms with Crippen LogP contribution in [-0.2, 0) is 10.0 Å². The molecule has 0 saturated carbocycles. The van der Waals surface area contributed by atoms with Gasteiger partial charge in [0.2, 0.25) is 10.0 Å². The molecule has 0 saturated heterocycles. The van der Waals surface area contributed by atoms with E-state index in [1.54, 1.807) is 0 Å². The zero-order chi connectivity index (χ0) is 14.6. The first kappa shape index (κ1) is 15.3. The molecule has 106 valence electrons. The number of nitrogens with zero attached hydrogens (tertiary/aromatic N) is 2. The number of nitrogen functional groups attached to an aromatic ring is 1. The molecule has 0 aliphatic heterocycles. The molecule has 0 unspecified atom stereocenters. The van der Waals surface area contributed by atoms with Crippen molar-refractivity contribution in [3.05, 3.63) is 28.3 Å². The van der Waals surface area contributed by atoms with E-state index in [0.29, 0.717) is 6.42 Å². The number of rotatable bonds is 6. The van der Waals surface area contributed by atoms with Crippen molar-refractivity contribution in [3.63, 3.8) is 0 Å². The maximum absolute atomic E-state index is 12.3. The quantitative estimate of drug-likeness (QED) is 0.456. The van der Waals surface area contributed by atoms with Crippen LogP contribution in [0.2, 0.25) is 0 Å². The molecule has 0 heterocycles. The number of sulfonamides is 1. The fourth-order valence-electron chi connectivity index (χ4n) is 1.56. The second-order valence-corrected chi connectivity index (χ2v) is 5.92. The molecular weight excluding hydrogens is 272 g/mol. The maximum atomic E-state index is 12.3. The normalized spacial score (nSPS) is 11.6. The van der Waals surface area contributed by atoms with Crippen LogP contribution in [0.4, 0.5) is 11.4 Å². The molecule has 8 nitrogen and oxygen atoms in total. The maximum Gasteiger partial charge on any atom is 0.289 e. The van der Waals surface area contributed by atoms with Gasteiger partial charge < -0.3 is 5.43 Å². The Labute approximate surface area is 111 Å². The van der Waals surface area contributed by atoms with Gasteiger partial charge in [-0.2, -0.15) is 0 Å². The Morgan fingerprint density at radius 3 is 2.58 bits per heavy atom. The largest absolute Gasteiger partial charge is 0.324 e. The van der Waals surface area contributed by atoms with Gasteiger partial charge in [-0.25, -0.2) is 12.7 Å². The Morgan fingerprint density at radius 1 is 1.47 bits per heavy atom. The summed E-state index contributed by atoms with van der Waals surface area (Å²) in [6.45, 7) is 2.10. The molecule has 1 rings (SSSR count). The van der Waals surface area contributed by atoms with Crippen LogP contribution >= 0.6 is 0 Å². The average molecular weight is 288 g/mol. The highest BCUT2D eigenvalue weighted by Crippen LogP contribution is 2.28. The Kier molecular flexibility index (Phi) is 4.81. The minimum absolute atomic E-state index is 0.278. The van der Waals surface area contributed by atoms with Gasteiger partial charge in [-0.3, -0.25) is 16.0 Å². The molecule has 0 bridgehead atoms. The topological polar surface area (TPSA) is 119 Å². The predicted molar refractivity (Wildman–Crippen MR) is 71.0 cm³/mol. The lowest BCUT2D eigenvalue weighted by atomic mass is 10.3. The van der Waals surface area contributed by atoms with Crippen molar-refractivity contribution in [2.24, 2.45) is 5.84 Å². The third kappa shape index (κ3) is 3.19. The van der Waals surface area contributed by atoms with E-state index in [2.05, 4.69) is 5.43 Å². The molecule has 0 aliphatic carbocycles. The molecule has 9 heteroatoms. The van der Waals surface area contributed by atoms with Crippen LogP contribution in [0.15, 0.2) is 23.1 Å². The second kappa shape index (κ2) is 5.95. The minimum Gasteiger partial charge on any atom is -0.324 e. The fraction of sp³-hybridized carbons (Fsp3) is 0.400. The van der Waals surface area contributed by atoms with E-state index in [-0.39, 0.29) is 17.1 Å². The molecule has 0 aromatic heterocycles. The van der Waals surface area contributed by atoms with E-state index >= 15 is 0 Å². The molecular formula is C10H16N4O4S. The standard InChI is InChI=1S/C10H16N4O4S/c1-3-6-13(2)19(17,18)10-7-8(12-11)4-5-9(10)14(15)16/h4-5,7,12H,3,6,11H2,1-2H3. The number of hydrogen-bond acceptors (Lipinski definition) is 6. The highest BCUT2D eigenvalue weighted by atomic mass is 32.2. The highest BCUT2D eigenvalue weighted by molar-refractivity contribution is 7.89. The lowest BCUT2D eigenvalue weighted by molar-refractivity contribution is -0.387. The van der Waals surface area contributed by atoms with Crippen LogP contribution in [0.5, 0.6) is 0 Å². The van der Waals surface area contributed by atoms with Gasteiger partial charge in [-0.15, -0.1) is 0 Å². The first-order valence-electron chi connectivity index (χ1n) is 5.56. The van der Waals surface area contributed by atoms with Gasteiger partial charge >= 0.3 is 0 Å². The van der Waals surface area contributed by atoms with Crippen LogP contribution in [0, 0.1) is 10.1 Å². The number of nitrogens with two attached hydrogens (primary N) is 1. The van der Waals surface area contributed by atoms with Crippen molar-refractivity contribution in [3.8, 4) is 0 Å². The van der Waals surface area contributed by atoms with Gasteiger partial charge in [0, 0.05) is 19.7 Å². The fourth-order valence-corrected chi connectivity index (χ4v) is 3.01. The third-order valence-electron chi connectivity index (χ3n) is 2.55. The Bertz CT molecular complexity index is 573. The summed E-state index contributed by atoms with van der Waals surface area (Å²) in [6, 6.07) is 3.61. The number of nitro benzene ring substituents is 1. The van der Waals surface area contributed by atoms with Crippen molar-refractivity contribution >= 4 is 21.4 Å². The van der Waals surface area contributed by atoms with E-state index in [1.807, 2.05) is 6.92 Å². The molecule has 1 aromatic rings. The summed E-state index contributed by atoms with van der Waals surface area (Å²) in [4.78, 5) is 9.82. The Hall–Kier alpha value is -1.71. The Morgan fingerprint density at radius 2 is 2.11 bits per heavy atom. The molecule has 0 fully saturated rings. The summed E-state index contributed by atoms with van der Waals surface area (Å²) >= 11 is 0. The van der Waals surface area contributed by atoms with Gasteiger partial charge in [0.1, 0.15) is 0 Å². The van der Waals surface area contributed by atoms with Crippen LogP contribution < -0.4 is 11.3 Å². The number of hydrogen-bond donors (Lipinski definition) is 2. The Balaban J connectivity index is 3.42. The molecule has 3 N–H and O–H groups in total. The molecule has 0 atom stereocenters. The lowest BCUT2D eigenvalue weighted by Gasteiger charge is -2.16. The first-order valence-corrected chi connectivity index (χ1v) is 7.00. The van der Waals surface area contributed by atoms with Crippen molar-refractivity contribution in [2.45, 2.75) is 18.2 Å². The summed E-state index contributed by atoms with van der Waals surface area (Å²) < 4.78 is 25.6. The zero-order valence-corrected chi connectivity index (χ0v) is 11.5. The van der Waals surface area contributed by atoms with E-state index in [0.717, 1.165) is 16.4 Å². The summed E-state index contributed by atoms with van der Waals surface area (Å²) in [5, 5.41) is 10.9. The lowest BCUT2D eigenvalue weighted by Crippen LogP contribution is -2.28. The third-order valence-corrected chi connectivity index (χ3v) is 4.44. The molecule has 19 heavy (non-hydrogen) atoms. The van der Waals surface area contributed by atoms with Gasteiger partial charge in [0.05, 0.1) is 10.6 Å². The van der Waals surface area contributed by atoms with Crippen LogP contribution in [0.3, 0.4) is 0 Å². The molecule has 0 aliphatic rings. The second-order valence-electron chi connectivity index (χ2n) is 3.91. The van der Waals surface area contributed by atoms with Crippen LogP contribution in [-0.4, -0.2) is 31.2 Å². The SMILES string of the molecule is CCCN(C)S(=O)(=O)c1cc(NN)ccc1[N+](=O)[O-]. The van der Waals surface area contributed by atoms with E-state index in [9.17, 15) is 18.5 Å². The van der Waals surface area contributed by atoms with E-state index in [1.165, 1.54) is 13.1 Å². The van der Waals surface area contributed by atoms with Gasteiger partial charge in [-0.05, 0) is 18.6 Å². The van der Waals surface area contributed by atoms with Crippen LogP contribution in [0.25, 0.3) is 0 Å². The van der Waals surface area contributed by atoms with E-state index < -0.39 is 20.6 Å². The molecule has 0 spiro atoms. The minimum atomic E-state index is -3.91. The van der Waals surface area contributed by atoms with Crippen LogP contribution in [0.1, 0.15) is 13.3 Å². The van der Waals surface area contributed by atoms with Gasteiger partial charge in [0.15, 0.2) is 4.90 Å². The zero-order valence-electron chi connectivity index (χ0n) is 10.7. The predicted octanol–water partition coefficient (Wildman–Crippen LogP) is 0.911. The summed E-state index contributed by atoms with van der Waals surface area (Å²) in [5.74, 6) is 5.19. The first-order chi connectivity index (χ1) is 8.84. The van der Waals surface area contributed by atoms with E-state index in [4.69, 9.17) is 5.84 Å². The number of benzene rings is 1. The number of nitro groups is 1. The molecule has 1 aromatic carbocycles. The monoisotopic (exact) mass is 288 g/mol. The van der Waals surface area contributed by atoms with Crippen molar-refractivity contribution in [1.82, 2.24) is 4.31 Å². The number of hydrazine groups is 1. The molecule has 0 amide bonds. The van der Waals surface area contributed by atoms with Gasteiger partial charge in [0.25, 0.3) is 5.69 Å². The average Bonchev–Trinajstić information content (AvgIpc) is 2.38. The summed E-state index contributed by atoms with van der Waals surface area (Å²) in [5.41, 5.74) is 2.09. The van der Waals surface area contributed by atoms with Gasteiger partial charge in [-0.1, -0.05) is 6.92 Å². The number of nitrogens with one attached hydrogen (secondary N) is 1. The smallest absolute Gasteiger partial charge is 0.289 e. The molecule has 0 radical (unpaired) electrons. The van der Waals surface area contributed by atoms with Crippen molar-refractivity contribution in [1.29, 1.82) is 0 Å². The summed E-state index contributed by atoms with van der Waals surface area (Å²) in [7, 11) is -2.53. The highest BCUT2D eigenvalue weighted by Gasteiger charge is 2.29. The summed E-state index contributed by atoms with van der Waals surface area (Å²) in [6.07, 6.45) is 0.609. The number of anilines is 1. The van der Waals surface area contributed by atoms with Crippen molar-refractivity contribution < 1.29 is 13.3 Å².